The number of carbonyl (C=O) groups excluding carboxylic acids is 1. The SMILES string of the molecule is C#CCNC(=O)C(C)NCCCOCCC. The van der Waals surface area contributed by atoms with Crippen molar-refractivity contribution in [1.29, 1.82) is 0 Å². The Morgan fingerprint density at radius 1 is 1.50 bits per heavy atom. The fourth-order valence-corrected chi connectivity index (χ4v) is 1.12. The maximum atomic E-state index is 11.4. The number of hydrogen-bond acceptors (Lipinski definition) is 3. The molecular weight excluding hydrogens is 204 g/mol. The monoisotopic (exact) mass is 226 g/mol. The summed E-state index contributed by atoms with van der Waals surface area (Å²) < 4.78 is 5.32. The molecule has 0 aliphatic rings. The van der Waals surface area contributed by atoms with Crippen LogP contribution in [0.5, 0.6) is 0 Å². The molecule has 0 aliphatic heterocycles. The van der Waals surface area contributed by atoms with Gasteiger partial charge >= 0.3 is 0 Å². The van der Waals surface area contributed by atoms with E-state index < -0.39 is 0 Å². The molecule has 1 atom stereocenters. The van der Waals surface area contributed by atoms with Gasteiger partial charge in [-0.1, -0.05) is 12.8 Å². The lowest BCUT2D eigenvalue weighted by molar-refractivity contribution is -0.122. The molecule has 0 saturated heterocycles. The quantitative estimate of drug-likeness (QED) is 0.445. The van der Waals surface area contributed by atoms with Gasteiger partial charge in [0.1, 0.15) is 0 Å². The average molecular weight is 226 g/mol. The lowest BCUT2D eigenvalue weighted by atomic mass is 10.3. The lowest BCUT2D eigenvalue weighted by Crippen LogP contribution is -2.42. The fourth-order valence-electron chi connectivity index (χ4n) is 1.12. The molecule has 2 N–H and O–H groups in total. The topological polar surface area (TPSA) is 50.4 Å². The first kappa shape index (κ1) is 14.9. The van der Waals surface area contributed by atoms with E-state index >= 15 is 0 Å². The Morgan fingerprint density at radius 3 is 2.88 bits per heavy atom. The van der Waals surface area contributed by atoms with E-state index in [0.29, 0.717) is 0 Å². The zero-order valence-corrected chi connectivity index (χ0v) is 10.2. The van der Waals surface area contributed by atoms with E-state index in [-0.39, 0.29) is 18.5 Å². The minimum atomic E-state index is -0.209. The molecule has 92 valence electrons. The van der Waals surface area contributed by atoms with Crippen molar-refractivity contribution in [3.63, 3.8) is 0 Å². The minimum absolute atomic E-state index is 0.0626. The molecule has 4 nitrogen and oxygen atoms in total. The first-order chi connectivity index (χ1) is 7.72. The number of carbonyl (C=O) groups is 1. The third-order valence-corrected chi connectivity index (χ3v) is 2.02. The van der Waals surface area contributed by atoms with Crippen molar-refractivity contribution < 1.29 is 9.53 Å². The van der Waals surface area contributed by atoms with Gasteiger partial charge in [0.05, 0.1) is 12.6 Å². The summed E-state index contributed by atoms with van der Waals surface area (Å²) in [7, 11) is 0. The van der Waals surface area contributed by atoms with E-state index in [2.05, 4.69) is 23.5 Å². The predicted molar refractivity (Wildman–Crippen MR) is 65.0 cm³/mol. The van der Waals surface area contributed by atoms with Crippen LogP contribution in [0, 0.1) is 12.3 Å². The van der Waals surface area contributed by atoms with Crippen LogP contribution in [0.15, 0.2) is 0 Å². The Labute approximate surface area is 98.1 Å². The maximum absolute atomic E-state index is 11.4. The van der Waals surface area contributed by atoms with Crippen LogP contribution in [-0.2, 0) is 9.53 Å². The largest absolute Gasteiger partial charge is 0.381 e. The number of hydrogen-bond donors (Lipinski definition) is 2. The molecule has 0 aromatic heterocycles. The summed E-state index contributed by atoms with van der Waals surface area (Å²) in [6, 6.07) is -0.209. The minimum Gasteiger partial charge on any atom is -0.381 e. The molecule has 0 heterocycles. The van der Waals surface area contributed by atoms with Gasteiger partial charge < -0.3 is 15.4 Å². The van der Waals surface area contributed by atoms with Crippen molar-refractivity contribution in [3.05, 3.63) is 0 Å². The number of ether oxygens (including phenoxy) is 1. The second kappa shape index (κ2) is 10.5. The summed E-state index contributed by atoms with van der Waals surface area (Å²) in [5.74, 6) is 2.30. The van der Waals surface area contributed by atoms with Crippen LogP contribution >= 0.6 is 0 Å². The van der Waals surface area contributed by atoms with E-state index in [1.54, 1.807) is 0 Å². The number of nitrogens with one attached hydrogen (secondary N) is 2. The number of terminal acetylenes is 1. The van der Waals surface area contributed by atoms with Crippen molar-refractivity contribution in [2.45, 2.75) is 32.7 Å². The molecule has 16 heavy (non-hydrogen) atoms. The summed E-state index contributed by atoms with van der Waals surface area (Å²) in [5.41, 5.74) is 0. The average Bonchev–Trinajstić information content (AvgIpc) is 2.30. The van der Waals surface area contributed by atoms with Crippen LogP contribution in [0.1, 0.15) is 26.7 Å². The molecular formula is C12H22N2O2. The van der Waals surface area contributed by atoms with Gasteiger partial charge in [-0.25, -0.2) is 0 Å². The zero-order chi connectivity index (χ0) is 12.2. The van der Waals surface area contributed by atoms with Crippen LogP contribution in [0.4, 0.5) is 0 Å². The van der Waals surface area contributed by atoms with Crippen LogP contribution < -0.4 is 10.6 Å². The lowest BCUT2D eigenvalue weighted by Gasteiger charge is -2.12. The Hall–Kier alpha value is -1.05. The van der Waals surface area contributed by atoms with Crippen molar-refractivity contribution >= 4 is 5.91 Å². The molecule has 0 aromatic carbocycles. The highest BCUT2D eigenvalue weighted by Crippen LogP contribution is 1.86. The van der Waals surface area contributed by atoms with Crippen LogP contribution in [0.25, 0.3) is 0 Å². The molecule has 0 aromatic rings. The van der Waals surface area contributed by atoms with Gasteiger partial charge in [0, 0.05) is 13.2 Å². The Morgan fingerprint density at radius 2 is 2.25 bits per heavy atom. The summed E-state index contributed by atoms with van der Waals surface area (Å²) in [6.45, 7) is 6.49. The fraction of sp³-hybridized carbons (Fsp3) is 0.750. The molecule has 0 rings (SSSR count). The second-order valence-electron chi connectivity index (χ2n) is 3.56. The van der Waals surface area contributed by atoms with E-state index in [9.17, 15) is 4.79 Å². The van der Waals surface area contributed by atoms with Crippen molar-refractivity contribution in [1.82, 2.24) is 10.6 Å². The van der Waals surface area contributed by atoms with Crippen LogP contribution in [-0.4, -0.2) is 38.3 Å². The van der Waals surface area contributed by atoms with Crippen molar-refractivity contribution in [2.75, 3.05) is 26.3 Å². The van der Waals surface area contributed by atoms with E-state index in [1.165, 1.54) is 0 Å². The van der Waals surface area contributed by atoms with Gasteiger partial charge in [-0.3, -0.25) is 4.79 Å². The summed E-state index contributed by atoms with van der Waals surface area (Å²) in [4.78, 5) is 11.4. The summed E-state index contributed by atoms with van der Waals surface area (Å²) in [6.07, 6.45) is 6.99. The first-order valence-electron chi connectivity index (χ1n) is 5.74. The molecule has 1 amide bonds. The van der Waals surface area contributed by atoms with E-state index in [4.69, 9.17) is 11.2 Å². The normalized spacial score (nSPS) is 11.8. The van der Waals surface area contributed by atoms with Gasteiger partial charge in [0.25, 0.3) is 0 Å². The molecule has 0 fully saturated rings. The molecule has 0 spiro atoms. The highest BCUT2D eigenvalue weighted by molar-refractivity contribution is 5.81. The predicted octanol–water partition coefficient (Wildman–Crippen LogP) is 0.531. The van der Waals surface area contributed by atoms with Gasteiger partial charge in [0.2, 0.25) is 5.91 Å². The van der Waals surface area contributed by atoms with Gasteiger partial charge in [-0.15, -0.1) is 6.42 Å². The second-order valence-corrected chi connectivity index (χ2v) is 3.56. The van der Waals surface area contributed by atoms with Crippen LogP contribution in [0.3, 0.4) is 0 Å². The third-order valence-electron chi connectivity index (χ3n) is 2.02. The highest BCUT2D eigenvalue weighted by Gasteiger charge is 2.09. The van der Waals surface area contributed by atoms with E-state index in [0.717, 1.165) is 32.6 Å². The first-order valence-corrected chi connectivity index (χ1v) is 5.74. The van der Waals surface area contributed by atoms with Gasteiger partial charge in [0.15, 0.2) is 0 Å². The molecule has 4 heteroatoms. The number of rotatable bonds is 9. The molecule has 1 unspecified atom stereocenters. The zero-order valence-electron chi connectivity index (χ0n) is 10.2. The number of amides is 1. The van der Waals surface area contributed by atoms with E-state index in [1.807, 2.05) is 6.92 Å². The molecule has 0 saturated carbocycles. The standard InChI is InChI=1S/C12H22N2O2/c1-4-7-14-12(15)11(3)13-8-6-10-16-9-5-2/h1,11,13H,5-10H2,2-3H3,(H,14,15). The Balaban J connectivity index is 3.39. The Bertz CT molecular complexity index is 224. The molecule has 0 radical (unpaired) electrons. The smallest absolute Gasteiger partial charge is 0.237 e. The molecule has 0 bridgehead atoms. The summed E-state index contributed by atoms with van der Waals surface area (Å²) >= 11 is 0. The third kappa shape index (κ3) is 8.27. The maximum Gasteiger partial charge on any atom is 0.237 e. The molecule has 0 aliphatic carbocycles. The van der Waals surface area contributed by atoms with Crippen molar-refractivity contribution in [3.8, 4) is 12.3 Å². The van der Waals surface area contributed by atoms with Crippen LogP contribution in [0.2, 0.25) is 0 Å². The highest BCUT2D eigenvalue weighted by atomic mass is 16.5. The van der Waals surface area contributed by atoms with Crippen molar-refractivity contribution in [2.24, 2.45) is 0 Å². The summed E-state index contributed by atoms with van der Waals surface area (Å²) in [5, 5.41) is 5.73. The van der Waals surface area contributed by atoms with Gasteiger partial charge in [-0.05, 0) is 26.3 Å². The Kier molecular flexibility index (Phi) is 9.78. The van der Waals surface area contributed by atoms with Gasteiger partial charge in [-0.2, -0.15) is 0 Å².